The summed E-state index contributed by atoms with van der Waals surface area (Å²) in [4.78, 5) is 13.3. The van der Waals surface area contributed by atoms with E-state index in [1.165, 1.54) is 0 Å². The predicted octanol–water partition coefficient (Wildman–Crippen LogP) is 1.49. The van der Waals surface area contributed by atoms with Gasteiger partial charge in [-0.1, -0.05) is 13.8 Å². The van der Waals surface area contributed by atoms with E-state index in [4.69, 9.17) is 0 Å². The smallest absolute Gasteiger partial charge is 0.236 e. The van der Waals surface area contributed by atoms with Crippen LogP contribution in [0.5, 0.6) is 0 Å². The molecule has 14 heavy (non-hydrogen) atoms. The normalized spacial score (nSPS) is 13.4. The molecule has 0 saturated heterocycles. The minimum absolute atomic E-state index is 0.160. The third-order valence-electron chi connectivity index (χ3n) is 2.74. The molecule has 0 aromatic carbocycles. The van der Waals surface area contributed by atoms with E-state index in [0.29, 0.717) is 18.5 Å². The van der Waals surface area contributed by atoms with Crippen molar-refractivity contribution in [3.63, 3.8) is 0 Å². The van der Waals surface area contributed by atoms with Crippen LogP contribution in [0.1, 0.15) is 34.6 Å². The molecule has 1 unspecified atom stereocenters. The first-order valence-electron chi connectivity index (χ1n) is 5.35. The van der Waals surface area contributed by atoms with Crippen molar-refractivity contribution >= 4 is 5.91 Å². The van der Waals surface area contributed by atoms with Crippen molar-refractivity contribution in [3.05, 3.63) is 0 Å². The molecule has 0 spiro atoms. The molecule has 0 bridgehead atoms. The quantitative estimate of drug-likeness (QED) is 0.729. The van der Waals surface area contributed by atoms with Gasteiger partial charge in [0.2, 0.25) is 5.91 Å². The molecule has 0 aromatic heterocycles. The Balaban J connectivity index is 3.85. The number of hydrogen-bond acceptors (Lipinski definition) is 2. The molecule has 0 aliphatic carbocycles. The number of amides is 1. The molecule has 0 rings (SSSR count). The lowest BCUT2D eigenvalue weighted by atomic mass is 10.1. The zero-order valence-electron chi connectivity index (χ0n) is 10.3. The van der Waals surface area contributed by atoms with Gasteiger partial charge in [-0.3, -0.25) is 4.79 Å². The average Bonchev–Trinajstić information content (AvgIpc) is 2.11. The zero-order valence-corrected chi connectivity index (χ0v) is 10.3. The molecule has 3 nitrogen and oxygen atoms in total. The molecule has 0 aliphatic heterocycles. The fourth-order valence-electron chi connectivity index (χ4n) is 0.897. The Kier molecular flexibility index (Phi) is 5.77. The molecule has 0 heterocycles. The Morgan fingerprint density at radius 3 is 2.07 bits per heavy atom. The van der Waals surface area contributed by atoms with Gasteiger partial charge in [-0.05, 0) is 26.7 Å². The van der Waals surface area contributed by atoms with Gasteiger partial charge in [-0.25, -0.2) is 0 Å². The van der Waals surface area contributed by atoms with Gasteiger partial charge in [0.05, 0.1) is 6.54 Å². The van der Waals surface area contributed by atoms with Crippen LogP contribution in [0.3, 0.4) is 0 Å². The van der Waals surface area contributed by atoms with E-state index in [2.05, 4.69) is 26.1 Å². The van der Waals surface area contributed by atoms with Gasteiger partial charge in [0.15, 0.2) is 0 Å². The molecule has 0 radical (unpaired) electrons. The Morgan fingerprint density at radius 2 is 1.71 bits per heavy atom. The van der Waals surface area contributed by atoms with Crippen LogP contribution in [-0.4, -0.2) is 36.5 Å². The zero-order chi connectivity index (χ0) is 11.3. The molecule has 0 fully saturated rings. The highest BCUT2D eigenvalue weighted by atomic mass is 16.2. The lowest BCUT2D eigenvalue weighted by Gasteiger charge is -2.23. The second-order valence-electron chi connectivity index (χ2n) is 4.51. The Hall–Kier alpha value is -0.570. The van der Waals surface area contributed by atoms with Gasteiger partial charge in [0.25, 0.3) is 0 Å². The number of nitrogens with one attached hydrogen (secondary N) is 1. The number of carbonyl (C=O) groups excluding carboxylic acids is 1. The Morgan fingerprint density at radius 1 is 1.21 bits per heavy atom. The van der Waals surface area contributed by atoms with Crippen molar-refractivity contribution in [1.29, 1.82) is 0 Å². The van der Waals surface area contributed by atoms with Crippen LogP contribution in [0.25, 0.3) is 0 Å². The first-order chi connectivity index (χ1) is 6.36. The van der Waals surface area contributed by atoms with Crippen LogP contribution in [0.2, 0.25) is 0 Å². The van der Waals surface area contributed by atoms with Gasteiger partial charge in [-0.15, -0.1) is 0 Å². The summed E-state index contributed by atoms with van der Waals surface area (Å²) in [5.41, 5.74) is 0. The third kappa shape index (κ3) is 4.61. The molecule has 1 amide bonds. The molecule has 0 saturated carbocycles. The van der Waals surface area contributed by atoms with Crippen molar-refractivity contribution in [3.8, 4) is 0 Å². The lowest BCUT2D eigenvalue weighted by molar-refractivity contribution is -0.130. The maximum absolute atomic E-state index is 11.6. The van der Waals surface area contributed by atoms with Crippen molar-refractivity contribution in [1.82, 2.24) is 10.2 Å². The summed E-state index contributed by atoms with van der Waals surface area (Å²) in [6.45, 7) is 10.9. The molecular weight excluding hydrogens is 176 g/mol. The molecule has 1 atom stereocenters. The van der Waals surface area contributed by atoms with Crippen molar-refractivity contribution in [2.75, 3.05) is 13.6 Å². The summed E-state index contributed by atoms with van der Waals surface area (Å²) >= 11 is 0. The second kappa shape index (κ2) is 6.02. The molecule has 3 heteroatoms. The highest BCUT2D eigenvalue weighted by molar-refractivity contribution is 5.78. The maximum atomic E-state index is 11.6. The fourth-order valence-corrected chi connectivity index (χ4v) is 0.897. The summed E-state index contributed by atoms with van der Waals surface area (Å²) in [7, 11) is 1.84. The van der Waals surface area contributed by atoms with Crippen LogP contribution >= 0.6 is 0 Å². The first-order valence-corrected chi connectivity index (χ1v) is 5.35. The first kappa shape index (κ1) is 13.4. The van der Waals surface area contributed by atoms with E-state index in [1.54, 1.807) is 4.90 Å². The number of carbonyl (C=O) groups is 1. The Labute approximate surface area is 87.9 Å². The van der Waals surface area contributed by atoms with Crippen LogP contribution in [0.15, 0.2) is 0 Å². The molecular formula is C11H24N2O. The third-order valence-corrected chi connectivity index (χ3v) is 2.74. The van der Waals surface area contributed by atoms with Crippen LogP contribution in [-0.2, 0) is 4.79 Å². The summed E-state index contributed by atoms with van der Waals surface area (Å²) in [6, 6.07) is 0.665. The summed E-state index contributed by atoms with van der Waals surface area (Å²) < 4.78 is 0. The predicted molar refractivity (Wildman–Crippen MR) is 60.2 cm³/mol. The topological polar surface area (TPSA) is 32.3 Å². The van der Waals surface area contributed by atoms with Gasteiger partial charge in [-0.2, -0.15) is 0 Å². The lowest BCUT2D eigenvalue weighted by Crippen LogP contribution is -2.43. The average molecular weight is 200 g/mol. The van der Waals surface area contributed by atoms with Crippen LogP contribution in [0.4, 0.5) is 0 Å². The van der Waals surface area contributed by atoms with Crippen LogP contribution in [0, 0.1) is 5.92 Å². The number of likely N-dealkylation sites (N-methyl/N-ethyl adjacent to an activating group) is 1. The highest BCUT2D eigenvalue weighted by Gasteiger charge is 2.13. The Bertz CT molecular complexity index is 178. The minimum Gasteiger partial charge on any atom is -0.342 e. The van der Waals surface area contributed by atoms with E-state index in [-0.39, 0.29) is 11.9 Å². The van der Waals surface area contributed by atoms with Gasteiger partial charge < -0.3 is 10.2 Å². The van der Waals surface area contributed by atoms with E-state index in [9.17, 15) is 4.79 Å². The number of hydrogen-bond donors (Lipinski definition) is 1. The van der Waals surface area contributed by atoms with E-state index < -0.39 is 0 Å². The molecule has 84 valence electrons. The second-order valence-corrected chi connectivity index (χ2v) is 4.51. The number of rotatable bonds is 5. The SMILES string of the molecule is CC(C)C(C)NCC(=O)N(C)C(C)C. The van der Waals surface area contributed by atoms with Gasteiger partial charge in [0, 0.05) is 19.1 Å². The number of nitrogens with zero attached hydrogens (tertiary/aromatic N) is 1. The van der Waals surface area contributed by atoms with Crippen molar-refractivity contribution in [2.45, 2.75) is 46.7 Å². The molecule has 0 aromatic rings. The van der Waals surface area contributed by atoms with E-state index in [0.717, 1.165) is 0 Å². The summed E-state index contributed by atoms with van der Waals surface area (Å²) in [5.74, 6) is 0.722. The monoisotopic (exact) mass is 200 g/mol. The minimum atomic E-state index is 0.160. The fraction of sp³-hybridized carbons (Fsp3) is 0.909. The summed E-state index contributed by atoms with van der Waals surface area (Å²) in [5, 5.41) is 3.23. The standard InChI is InChI=1S/C11H24N2O/c1-8(2)10(5)12-7-11(14)13(6)9(3)4/h8-10,12H,7H2,1-6H3. The van der Waals surface area contributed by atoms with E-state index in [1.807, 2.05) is 20.9 Å². The largest absolute Gasteiger partial charge is 0.342 e. The van der Waals surface area contributed by atoms with Crippen molar-refractivity contribution in [2.24, 2.45) is 5.92 Å². The van der Waals surface area contributed by atoms with Gasteiger partial charge >= 0.3 is 0 Å². The van der Waals surface area contributed by atoms with Gasteiger partial charge in [0.1, 0.15) is 0 Å². The maximum Gasteiger partial charge on any atom is 0.236 e. The van der Waals surface area contributed by atoms with Crippen molar-refractivity contribution < 1.29 is 4.79 Å². The summed E-state index contributed by atoms with van der Waals surface area (Å²) in [6.07, 6.45) is 0. The highest BCUT2D eigenvalue weighted by Crippen LogP contribution is 2.00. The molecule has 0 aliphatic rings. The van der Waals surface area contributed by atoms with Crippen LogP contribution < -0.4 is 5.32 Å². The molecule has 1 N–H and O–H groups in total. The van der Waals surface area contributed by atoms with E-state index >= 15 is 0 Å².